The maximum Gasteiger partial charge on any atom is 0.291 e. The van der Waals surface area contributed by atoms with Crippen LogP contribution < -0.4 is 21.3 Å². The number of fused-ring (bicyclic) bond motifs is 3. The van der Waals surface area contributed by atoms with E-state index in [4.69, 9.17) is 4.42 Å². The molecule has 2 bridgehead atoms. The molecule has 0 unspecified atom stereocenters. The molecule has 4 amide bonds. The molecule has 5 rings (SSSR count). The molecule has 4 heterocycles. The van der Waals surface area contributed by atoms with Crippen LogP contribution in [0.25, 0.3) is 5.78 Å². The van der Waals surface area contributed by atoms with Crippen molar-refractivity contribution in [3.63, 3.8) is 0 Å². The van der Waals surface area contributed by atoms with Gasteiger partial charge in [0.2, 0.25) is 23.5 Å². The molecule has 0 spiro atoms. The first-order valence-corrected chi connectivity index (χ1v) is 14.1. The molecule has 14 nitrogen and oxygen atoms in total. The fourth-order valence-electron chi connectivity index (χ4n) is 4.74. The molecule has 1 aromatic carbocycles. The minimum atomic E-state index is -0.989. The highest BCUT2D eigenvalue weighted by molar-refractivity contribution is 5.96. The number of carbonyl (C=O) groups excluding carboxylic acids is 4. The van der Waals surface area contributed by atoms with Crippen molar-refractivity contribution in [3.8, 4) is 0 Å². The van der Waals surface area contributed by atoms with Crippen LogP contribution in [0.3, 0.4) is 0 Å². The molecule has 3 aromatic heterocycles. The van der Waals surface area contributed by atoms with Gasteiger partial charge in [0, 0.05) is 25.4 Å². The van der Waals surface area contributed by atoms with E-state index < -0.39 is 41.8 Å². The topological polar surface area (TPSA) is 186 Å². The van der Waals surface area contributed by atoms with E-state index in [0.29, 0.717) is 25.8 Å². The van der Waals surface area contributed by atoms with Gasteiger partial charge in [-0.3, -0.25) is 19.2 Å². The largest absolute Gasteiger partial charge is 0.446 e. The minimum absolute atomic E-state index is 0.0997. The van der Waals surface area contributed by atoms with Crippen LogP contribution in [0.5, 0.6) is 0 Å². The van der Waals surface area contributed by atoms with E-state index in [2.05, 4.69) is 41.3 Å². The molecule has 3 atom stereocenters. The smallest absolute Gasteiger partial charge is 0.291 e. The summed E-state index contributed by atoms with van der Waals surface area (Å²) in [6.07, 6.45) is 6.00. The van der Waals surface area contributed by atoms with Gasteiger partial charge in [0.05, 0.1) is 0 Å². The second kappa shape index (κ2) is 13.2. The highest BCUT2D eigenvalue weighted by Crippen LogP contribution is 2.20. The van der Waals surface area contributed by atoms with Crippen molar-refractivity contribution in [2.75, 3.05) is 6.54 Å². The van der Waals surface area contributed by atoms with Crippen LogP contribution in [0.1, 0.15) is 71.7 Å². The van der Waals surface area contributed by atoms with Crippen LogP contribution in [0.4, 0.5) is 0 Å². The van der Waals surface area contributed by atoms with Gasteiger partial charge in [0.15, 0.2) is 5.69 Å². The molecular formula is C29H33N9O5. The van der Waals surface area contributed by atoms with E-state index in [1.54, 1.807) is 12.3 Å². The summed E-state index contributed by atoms with van der Waals surface area (Å²) in [5.41, 5.74) is 1.01. The second-order valence-electron chi connectivity index (χ2n) is 10.6. The van der Waals surface area contributed by atoms with Crippen LogP contribution in [-0.4, -0.2) is 66.8 Å². The third kappa shape index (κ3) is 7.20. The number of amides is 4. The maximum absolute atomic E-state index is 13.6. The van der Waals surface area contributed by atoms with Crippen LogP contribution in [0, 0.1) is 5.92 Å². The summed E-state index contributed by atoms with van der Waals surface area (Å²) in [5.74, 6) is -2.09. The van der Waals surface area contributed by atoms with E-state index in [-0.39, 0.29) is 35.5 Å². The van der Waals surface area contributed by atoms with Crippen molar-refractivity contribution < 1.29 is 23.6 Å². The predicted molar refractivity (Wildman–Crippen MR) is 153 cm³/mol. The van der Waals surface area contributed by atoms with Crippen molar-refractivity contribution >= 4 is 29.4 Å². The van der Waals surface area contributed by atoms with Crippen molar-refractivity contribution in [2.45, 2.75) is 57.7 Å². The van der Waals surface area contributed by atoms with Crippen molar-refractivity contribution in [2.24, 2.45) is 5.92 Å². The summed E-state index contributed by atoms with van der Waals surface area (Å²) in [6, 6.07) is 8.47. The average molecular weight is 588 g/mol. The van der Waals surface area contributed by atoms with Crippen LogP contribution in [-0.2, 0) is 16.0 Å². The number of oxazole rings is 1. The first-order chi connectivity index (χ1) is 20.8. The number of nitrogens with one attached hydrogen (secondary N) is 4. The summed E-state index contributed by atoms with van der Waals surface area (Å²) >= 11 is 0. The fraction of sp³-hybridized carbons (Fsp3) is 0.379. The number of aromatic nitrogens is 5. The number of carbonyl (C=O) groups is 4. The third-order valence-electron chi connectivity index (χ3n) is 7.05. The van der Waals surface area contributed by atoms with E-state index in [1.807, 2.05) is 44.2 Å². The second-order valence-corrected chi connectivity index (χ2v) is 10.6. The van der Waals surface area contributed by atoms with Gasteiger partial charge in [0.1, 0.15) is 24.4 Å². The van der Waals surface area contributed by atoms with E-state index >= 15 is 0 Å². The van der Waals surface area contributed by atoms with Crippen molar-refractivity contribution in [1.82, 2.24) is 45.8 Å². The number of hydrogen-bond donors (Lipinski definition) is 4. The van der Waals surface area contributed by atoms with Gasteiger partial charge in [-0.1, -0.05) is 44.2 Å². The molecule has 0 saturated heterocycles. The Hall–Kier alpha value is -5.14. The summed E-state index contributed by atoms with van der Waals surface area (Å²) in [5, 5.41) is 15.4. The van der Waals surface area contributed by atoms with Crippen molar-refractivity contribution in [3.05, 3.63) is 78.0 Å². The lowest BCUT2D eigenvalue weighted by molar-refractivity contribution is -0.131. The SMILES string of the molecule is CC(C)[C@@H]1NC(=O)[C@@H](NC(=O)c2nc3ncccn3n2)CCCCNC(=O)c2coc(n2)[C@@H](Cc2ccccc2)NC1=O. The van der Waals surface area contributed by atoms with Gasteiger partial charge in [-0.25, -0.2) is 14.5 Å². The number of nitrogens with zero attached hydrogens (tertiary/aromatic N) is 5. The Morgan fingerprint density at radius 1 is 1.07 bits per heavy atom. The summed E-state index contributed by atoms with van der Waals surface area (Å²) in [6.45, 7) is 3.94. The first-order valence-electron chi connectivity index (χ1n) is 14.1. The lowest BCUT2D eigenvalue weighted by Crippen LogP contribution is -2.56. The Bertz CT molecular complexity index is 1570. The van der Waals surface area contributed by atoms with Crippen LogP contribution in [0.2, 0.25) is 0 Å². The van der Waals surface area contributed by atoms with E-state index in [1.165, 1.54) is 17.0 Å². The van der Waals surface area contributed by atoms with Gasteiger partial charge in [0.25, 0.3) is 17.6 Å². The lowest BCUT2D eigenvalue weighted by Gasteiger charge is -2.27. The Kier molecular flexibility index (Phi) is 9.03. The lowest BCUT2D eigenvalue weighted by atomic mass is 10.00. The molecule has 14 heteroatoms. The van der Waals surface area contributed by atoms with Crippen LogP contribution in [0.15, 0.2) is 59.5 Å². The Morgan fingerprint density at radius 3 is 2.65 bits per heavy atom. The highest BCUT2D eigenvalue weighted by Gasteiger charge is 2.32. The minimum Gasteiger partial charge on any atom is -0.446 e. The molecule has 1 aliphatic heterocycles. The normalized spacial score (nSPS) is 20.3. The summed E-state index contributed by atoms with van der Waals surface area (Å²) < 4.78 is 7.01. The summed E-state index contributed by atoms with van der Waals surface area (Å²) in [7, 11) is 0. The molecule has 0 saturated carbocycles. The fourth-order valence-corrected chi connectivity index (χ4v) is 4.74. The highest BCUT2D eigenvalue weighted by atomic mass is 16.3. The average Bonchev–Trinajstić information content (AvgIpc) is 3.66. The monoisotopic (exact) mass is 587 g/mol. The molecular weight excluding hydrogens is 554 g/mol. The van der Waals surface area contributed by atoms with E-state index in [0.717, 1.165) is 5.56 Å². The standard InChI is InChI=1S/C29H33N9O5/c1-17(2)22-26(41)33-20(15-18-9-4-3-5-10-18)28-34-21(16-43-28)24(39)30-12-7-6-11-19(25(40)35-22)32-27(42)23-36-29-31-13-8-14-38(29)37-23/h3-5,8-10,13-14,16-17,19-20,22H,6-7,11-12,15H2,1-2H3,(H,30,39)(H,32,42)(H,33,41)(H,35,40)/t19-,20+,22-/m0/s1. The molecule has 0 radical (unpaired) electrons. The predicted octanol–water partition coefficient (Wildman–Crippen LogP) is 1.37. The van der Waals surface area contributed by atoms with Crippen LogP contribution >= 0.6 is 0 Å². The first kappa shape index (κ1) is 29.4. The molecule has 0 aliphatic carbocycles. The quantitative estimate of drug-likeness (QED) is 0.268. The third-order valence-corrected chi connectivity index (χ3v) is 7.05. The number of rotatable bonds is 5. The Morgan fingerprint density at radius 2 is 1.88 bits per heavy atom. The van der Waals surface area contributed by atoms with Gasteiger partial charge in [-0.15, -0.1) is 5.10 Å². The molecule has 43 heavy (non-hydrogen) atoms. The number of benzene rings is 1. The summed E-state index contributed by atoms with van der Waals surface area (Å²) in [4.78, 5) is 65.6. The van der Waals surface area contributed by atoms with Crippen molar-refractivity contribution in [1.29, 1.82) is 0 Å². The zero-order valence-electron chi connectivity index (χ0n) is 23.8. The number of hydrogen-bond acceptors (Lipinski definition) is 9. The molecule has 4 aromatic rings. The van der Waals surface area contributed by atoms with Gasteiger partial charge in [-0.05, 0) is 36.8 Å². The molecule has 0 fully saturated rings. The maximum atomic E-state index is 13.6. The molecule has 4 N–H and O–H groups in total. The Labute approximate surface area is 247 Å². The molecule has 224 valence electrons. The van der Waals surface area contributed by atoms with Gasteiger partial charge >= 0.3 is 0 Å². The zero-order chi connectivity index (χ0) is 30.3. The molecule has 1 aliphatic rings. The van der Waals surface area contributed by atoms with Gasteiger partial charge < -0.3 is 25.7 Å². The van der Waals surface area contributed by atoms with E-state index in [9.17, 15) is 19.2 Å². The Balaban J connectivity index is 1.39. The van der Waals surface area contributed by atoms with Gasteiger partial charge in [-0.2, -0.15) is 4.98 Å². The zero-order valence-corrected chi connectivity index (χ0v) is 23.8.